The molecule has 0 atom stereocenters. The molecule has 1 N–H and O–H groups in total. The van der Waals surface area contributed by atoms with Crippen LogP contribution in [0.3, 0.4) is 0 Å². The quantitative estimate of drug-likeness (QED) is 0.915. The average Bonchev–Trinajstić information content (AvgIpc) is 2.95. The first kappa shape index (κ1) is 13.9. The van der Waals surface area contributed by atoms with Crippen LogP contribution in [0.4, 0.5) is 0 Å². The van der Waals surface area contributed by atoms with Crippen LogP contribution in [-0.2, 0) is 19.4 Å². The van der Waals surface area contributed by atoms with Crippen molar-refractivity contribution < 1.29 is 9.47 Å². The molecular weight excluding hydrogens is 264 g/mol. The van der Waals surface area contributed by atoms with E-state index in [-0.39, 0.29) is 0 Å². The number of nitrogens with zero attached hydrogens (tertiary/aromatic N) is 1. The molecule has 2 aromatic rings. The highest BCUT2D eigenvalue weighted by Gasteiger charge is 2.21. The molecule has 3 rings (SSSR count). The van der Waals surface area contributed by atoms with Gasteiger partial charge in [0.1, 0.15) is 0 Å². The fourth-order valence-corrected chi connectivity index (χ4v) is 2.92. The van der Waals surface area contributed by atoms with Crippen LogP contribution in [0, 0.1) is 0 Å². The van der Waals surface area contributed by atoms with Gasteiger partial charge < -0.3 is 14.8 Å². The summed E-state index contributed by atoms with van der Waals surface area (Å²) in [5, 5.41) is 3.57. The second-order valence-corrected chi connectivity index (χ2v) is 5.25. The molecule has 21 heavy (non-hydrogen) atoms. The van der Waals surface area contributed by atoms with Gasteiger partial charge in [0.15, 0.2) is 11.5 Å². The Labute approximate surface area is 125 Å². The fourth-order valence-electron chi connectivity index (χ4n) is 2.92. The van der Waals surface area contributed by atoms with Gasteiger partial charge in [0.2, 0.25) is 0 Å². The lowest BCUT2D eigenvalue weighted by molar-refractivity contribution is 0.347. The second-order valence-electron chi connectivity index (χ2n) is 5.25. The minimum Gasteiger partial charge on any atom is -0.493 e. The van der Waals surface area contributed by atoms with Crippen LogP contribution in [0.25, 0.3) is 0 Å². The minimum atomic E-state index is 0.458. The number of fused-ring (bicyclic) bond motifs is 1. The molecule has 0 unspecified atom stereocenters. The lowest BCUT2D eigenvalue weighted by Crippen LogP contribution is -2.29. The number of methoxy groups -OCH3 is 2. The molecule has 0 aliphatic heterocycles. The monoisotopic (exact) mass is 284 g/mol. The SMILES string of the molecule is COc1ccnc(CNC2Cc3ccccc3C2)c1OC. The first-order valence-electron chi connectivity index (χ1n) is 7.18. The van der Waals surface area contributed by atoms with Gasteiger partial charge in [-0.2, -0.15) is 0 Å². The van der Waals surface area contributed by atoms with Crippen LogP contribution in [-0.4, -0.2) is 25.2 Å². The number of nitrogens with one attached hydrogen (secondary N) is 1. The van der Waals surface area contributed by atoms with Crippen molar-refractivity contribution in [2.45, 2.75) is 25.4 Å². The number of hydrogen-bond donors (Lipinski definition) is 1. The summed E-state index contributed by atoms with van der Waals surface area (Å²) in [6.45, 7) is 0.680. The van der Waals surface area contributed by atoms with Gasteiger partial charge in [0, 0.05) is 24.8 Å². The summed E-state index contributed by atoms with van der Waals surface area (Å²) in [5.41, 5.74) is 3.77. The minimum absolute atomic E-state index is 0.458. The normalized spacial score (nSPS) is 14.0. The highest BCUT2D eigenvalue weighted by molar-refractivity contribution is 5.42. The average molecular weight is 284 g/mol. The van der Waals surface area contributed by atoms with E-state index in [4.69, 9.17) is 9.47 Å². The number of pyridine rings is 1. The van der Waals surface area contributed by atoms with E-state index in [1.54, 1.807) is 20.4 Å². The van der Waals surface area contributed by atoms with Crippen molar-refractivity contribution in [1.29, 1.82) is 0 Å². The van der Waals surface area contributed by atoms with Gasteiger partial charge in [-0.15, -0.1) is 0 Å². The zero-order valence-electron chi connectivity index (χ0n) is 12.4. The third-order valence-corrected chi connectivity index (χ3v) is 3.98. The predicted octanol–water partition coefficient (Wildman–Crippen LogP) is 2.36. The van der Waals surface area contributed by atoms with Crippen LogP contribution in [0.1, 0.15) is 16.8 Å². The molecule has 0 saturated heterocycles. The molecule has 110 valence electrons. The Balaban J connectivity index is 1.67. The molecule has 1 heterocycles. The first-order chi connectivity index (χ1) is 10.3. The molecule has 4 nitrogen and oxygen atoms in total. The van der Waals surface area contributed by atoms with E-state index >= 15 is 0 Å². The van der Waals surface area contributed by atoms with Gasteiger partial charge in [-0.3, -0.25) is 4.98 Å². The number of rotatable bonds is 5. The van der Waals surface area contributed by atoms with Crippen LogP contribution in [0.2, 0.25) is 0 Å². The van der Waals surface area contributed by atoms with Gasteiger partial charge in [-0.25, -0.2) is 0 Å². The van der Waals surface area contributed by atoms with Crippen molar-refractivity contribution in [3.63, 3.8) is 0 Å². The zero-order chi connectivity index (χ0) is 14.7. The second kappa shape index (κ2) is 6.14. The Hall–Kier alpha value is -2.07. The maximum Gasteiger partial charge on any atom is 0.183 e. The van der Waals surface area contributed by atoms with E-state index < -0.39 is 0 Å². The number of ether oxygens (including phenoxy) is 2. The molecule has 0 saturated carbocycles. The largest absolute Gasteiger partial charge is 0.493 e. The van der Waals surface area contributed by atoms with E-state index in [2.05, 4.69) is 34.6 Å². The highest BCUT2D eigenvalue weighted by atomic mass is 16.5. The van der Waals surface area contributed by atoms with E-state index in [1.165, 1.54) is 11.1 Å². The smallest absolute Gasteiger partial charge is 0.183 e. The molecule has 0 fully saturated rings. The molecule has 4 heteroatoms. The number of benzene rings is 1. The van der Waals surface area contributed by atoms with Crippen LogP contribution >= 0.6 is 0 Å². The number of aromatic nitrogens is 1. The van der Waals surface area contributed by atoms with Crippen molar-refractivity contribution in [3.05, 3.63) is 53.3 Å². The maximum absolute atomic E-state index is 5.42. The van der Waals surface area contributed by atoms with Crippen molar-refractivity contribution in [2.75, 3.05) is 14.2 Å². The van der Waals surface area contributed by atoms with Crippen LogP contribution in [0.5, 0.6) is 11.5 Å². The maximum atomic E-state index is 5.42. The zero-order valence-corrected chi connectivity index (χ0v) is 12.4. The molecule has 0 radical (unpaired) electrons. The van der Waals surface area contributed by atoms with Gasteiger partial charge in [0.25, 0.3) is 0 Å². The Morgan fingerprint density at radius 2 is 1.81 bits per heavy atom. The van der Waals surface area contributed by atoms with Gasteiger partial charge in [0.05, 0.1) is 19.9 Å². The third kappa shape index (κ3) is 2.85. The molecule has 1 aliphatic carbocycles. The van der Waals surface area contributed by atoms with Crippen molar-refractivity contribution in [2.24, 2.45) is 0 Å². The summed E-state index contributed by atoms with van der Waals surface area (Å²) >= 11 is 0. The molecule has 0 bridgehead atoms. The fraction of sp³-hybridized carbons (Fsp3) is 0.353. The molecule has 1 aromatic heterocycles. The van der Waals surface area contributed by atoms with Crippen LogP contribution in [0.15, 0.2) is 36.5 Å². The van der Waals surface area contributed by atoms with E-state index in [1.807, 2.05) is 6.07 Å². The summed E-state index contributed by atoms with van der Waals surface area (Å²) < 4.78 is 10.7. The molecule has 1 aliphatic rings. The summed E-state index contributed by atoms with van der Waals surface area (Å²) in [6, 6.07) is 10.9. The Kier molecular flexibility index (Phi) is 4.06. The lowest BCUT2D eigenvalue weighted by Gasteiger charge is -2.15. The molecule has 0 amide bonds. The summed E-state index contributed by atoms with van der Waals surface area (Å²) in [4.78, 5) is 4.40. The standard InChI is InChI=1S/C17H20N2O2/c1-20-16-7-8-18-15(17(16)21-2)11-19-14-9-12-5-3-4-6-13(12)10-14/h3-8,14,19H,9-11H2,1-2H3. The predicted molar refractivity (Wildman–Crippen MR) is 81.8 cm³/mol. The Morgan fingerprint density at radius 3 is 2.43 bits per heavy atom. The molecule has 1 aromatic carbocycles. The van der Waals surface area contributed by atoms with Crippen LogP contribution < -0.4 is 14.8 Å². The van der Waals surface area contributed by atoms with E-state index in [9.17, 15) is 0 Å². The Morgan fingerprint density at radius 1 is 1.10 bits per heavy atom. The van der Waals surface area contributed by atoms with E-state index in [0.717, 1.165) is 24.3 Å². The number of hydrogen-bond acceptors (Lipinski definition) is 4. The van der Waals surface area contributed by atoms with Gasteiger partial charge in [-0.05, 0) is 24.0 Å². The molecular formula is C17H20N2O2. The summed E-state index contributed by atoms with van der Waals surface area (Å²) in [5.74, 6) is 1.43. The van der Waals surface area contributed by atoms with Crippen molar-refractivity contribution in [1.82, 2.24) is 10.3 Å². The van der Waals surface area contributed by atoms with Gasteiger partial charge in [-0.1, -0.05) is 24.3 Å². The van der Waals surface area contributed by atoms with Crippen molar-refractivity contribution >= 4 is 0 Å². The van der Waals surface area contributed by atoms with Gasteiger partial charge >= 0.3 is 0 Å². The van der Waals surface area contributed by atoms with E-state index in [0.29, 0.717) is 18.3 Å². The lowest BCUT2D eigenvalue weighted by atomic mass is 10.1. The summed E-state index contributed by atoms with van der Waals surface area (Å²) in [7, 11) is 3.29. The highest BCUT2D eigenvalue weighted by Crippen LogP contribution is 2.29. The third-order valence-electron chi connectivity index (χ3n) is 3.98. The Bertz CT molecular complexity index is 603. The van der Waals surface area contributed by atoms with Crippen molar-refractivity contribution in [3.8, 4) is 11.5 Å². The topological polar surface area (TPSA) is 43.4 Å². The first-order valence-corrected chi connectivity index (χ1v) is 7.18. The molecule has 0 spiro atoms. The summed E-state index contributed by atoms with van der Waals surface area (Å²) in [6.07, 6.45) is 3.90.